The largest absolute Gasteiger partial charge is 0.482 e. The van der Waals surface area contributed by atoms with Crippen LogP contribution in [0.25, 0.3) is 6.08 Å². The van der Waals surface area contributed by atoms with Gasteiger partial charge in [-0.1, -0.05) is 35.9 Å². The highest BCUT2D eigenvalue weighted by atomic mass is 35.5. The molecule has 2 aromatic rings. The van der Waals surface area contributed by atoms with Crippen molar-refractivity contribution in [1.29, 1.82) is 0 Å². The van der Waals surface area contributed by atoms with Crippen LogP contribution in [-0.4, -0.2) is 59.0 Å². The van der Waals surface area contributed by atoms with Gasteiger partial charge in [-0.05, 0) is 60.5 Å². The third-order valence-electron chi connectivity index (χ3n) is 5.30. The number of likely N-dealkylation sites (tertiary alicyclic amines) is 1. The summed E-state index contributed by atoms with van der Waals surface area (Å²) in [5.41, 5.74) is 1.25. The summed E-state index contributed by atoms with van der Waals surface area (Å²) in [7, 11) is 0. The minimum atomic E-state index is -0.503. The van der Waals surface area contributed by atoms with Crippen LogP contribution in [-0.2, 0) is 14.4 Å². The second kappa shape index (κ2) is 10.8. The van der Waals surface area contributed by atoms with Crippen molar-refractivity contribution in [2.45, 2.75) is 12.8 Å². The summed E-state index contributed by atoms with van der Waals surface area (Å²) < 4.78 is 5.50. The van der Waals surface area contributed by atoms with Gasteiger partial charge in [-0.15, -0.1) is 0 Å². The summed E-state index contributed by atoms with van der Waals surface area (Å²) in [5.74, 6) is -0.742. The zero-order valence-corrected chi connectivity index (χ0v) is 19.7. The third kappa shape index (κ3) is 5.78. The van der Waals surface area contributed by atoms with Gasteiger partial charge in [-0.3, -0.25) is 24.1 Å². The number of thioether (sulfide) groups is 1. The smallest absolute Gasteiger partial charge is 0.294 e. The molecule has 34 heavy (non-hydrogen) atoms. The minimum absolute atomic E-state index is 0.214. The average molecular weight is 500 g/mol. The average Bonchev–Trinajstić information content (AvgIpc) is 3.44. The van der Waals surface area contributed by atoms with Gasteiger partial charge in [0.1, 0.15) is 12.3 Å². The molecule has 0 aromatic heterocycles. The van der Waals surface area contributed by atoms with Crippen molar-refractivity contribution in [3.05, 3.63) is 64.0 Å². The maximum atomic E-state index is 12.7. The highest BCUT2D eigenvalue weighted by Crippen LogP contribution is 2.34. The first kappa shape index (κ1) is 23.8. The number of hydrogen-bond acceptors (Lipinski definition) is 6. The number of benzene rings is 2. The molecule has 0 radical (unpaired) electrons. The highest BCUT2D eigenvalue weighted by Gasteiger charge is 2.37. The zero-order chi connectivity index (χ0) is 24.1. The van der Waals surface area contributed by atoms with E-state index in [0.717, 1.165) is 29.5 Å². The van der Waals surface area contributed by atoms with E-state index in [1.807, 2.05) is 18.2 Å². The Bertz CT molecular complexity index is 1150. The van der Waals surface area contributed by atoms with Crippen LogP contribution in [0.4, 0.5) is 10.5 Å². The predicted octanol–water partition coefficient (Wildman–Crippen LogP) is 4.02. The normalized spacial score (nSPS) is 16.9. The molecule has 0 atom stereocenters. The molecule has 2 fully saturated rings. The van der Waals surface area contributed by atoms with Crippen LogP contribution in [0.15, 0.2) is 53.4 Å². The molecule has 0 saturated carbocycles. The maximum absolute atomic E-state index is 12.7. The van der Waals surface area contributed by atoms with Crippen LogP contribution in [0.2, 0.25) is 5.02 Å². The Balaban J connectivity index is 1.36. The van der Waals surface area contributed by atoms with Crippen molar-refractivity contribution in [2.24, 2.45) is 0 Å². The number of carbonyl (C=O) groups excluding carboxylic acids is 4. The van der Waals surface area contributed by atoms with Crippen LogP contribution in [0.5, 0.6) is 5.75 Å². The Morgan fingerprint density at radius 1 is 1.09 bits per heavy atom. The van der Waals surface area contributed by atoms with Crippen LogP contribution in [0, 0.1) is 0 Å². The Kier molecular flexibility index (Phi) is 7.54. The summed E-state index contributed by atoms with van der Waals surface area (Å²) >= 11 is 7.08. The number of nitrogens with one attached hydrogen (secondary N) is 1. The van der Waals surface area contributed by atoms with Gasteiger partial charge in [0, 0.05) is 18.8 Å². The molecule has 176 valence electrons. The quantitative estimate of drug-likeness (QED) is 0.578. The van der Waals surface area contributed by atoms with Gasteiger partial charge < -0.3 is 15.0 Å². The van der Waals surface area contributed by atoms with Crippen LogP contribution < -0.4 is 10.1 Å². The molecular formula is C24H22ClN3O5S. The molecule has 0 aliphatic carbocycles. The van der Waals surface area contributed by atoms with Gasteiger partial charge in [-0.25, -0.2) is 0 Å². The molecule has 4 amide bonds. The molecule has 2 aliphatic heterocycles. The van der Waals surface area contributed by atoms with Crippen molar-refractivity contribution >= 4 is 58.1 Å². The number of rotatable bonds is 7. The number of nitrogens with zero attached hydrogens (tertiary/aromatic N) is 2. The summed E-state index contributed by atoms with van der Waals surface area (Å²) in [4.78, 5) is 52.3. The number of imide groups is 1. The summed E-state index contributed by atoms with van der Waals surface area (Å²) in [6.45, 7) is 0.843. The molecule has 0 spiro atoms. The molecule has 0 bridgehead atoms. The number of para-hydroxylation sites is 1. The molecule has 1 N–H and O–H groups in total. The zero-order valence-electron chi connectivity index (χ0n) is 18.2. The van der Waals surface area contributed by atoms with E-state index in [2.05, 4.69) is 5.32 Å². The second-order valence-electron chi connectivity index (χ2n) is 7.75. The lowest BCUT2D eigenvalue weighted by atomic mass is 10.2. The Morgan fingerprint density at radius 2 is 1.82 bits per heavy atom. The van der Waals surface area contributed by atoms with Crippen LogP contribution in [0.3, 0.4) is 0 Å². The topological polar surface area (TPSA) is 96.0 Å². The highest BCUT2D eigenvalue weighted by molar-refractivity contribution is 8.18. The third-order valence-corrected chi connectivity index (χ3v) is 6.50. The van der Waals surface area contributed by atoms with Gasteiger partial charge in [0.15, 0.2) is 6.61 Å². The summed E-state index contributed by atoms with van der Waals surface area (Å²) in [6, 6.07) is 13.8. The fourth-order valence-electron chi connectivity index (χ4n) is 3.58. The van der Waals surface area contributed by atoms with Crippen molar-refractivity contribution in [3.8, 4) is 5.75 Å². The number of carbonyl (C=O) groups is 4. The van der Waals surface area contributed by atoms with Crippen LogP contribution >= 0.6 is 23.4 Å². The fraction of sp³-hybridized carbons (Fsp3) is 0.250. The first-order valence-corrected chi connectivity index (χ1v) is 11.9. The van der Waals surface area contributed by atoms with Gasteiger partial charge in [0.05, 0.1) is 9.93 Å². The lowest BCUT2D eigenvalue weighted by Gasteiger charge is -2.18. The SMILES string of the molecule is O=C(COc1ccc(/C=C2/SC(=O)N(CC(=O)N3CCCC3)C2=O)cc1Cl)Nc1ccccc1. The summed E-state index contributed by atoms with van der Waals surface area (Å²) in [6.07, 6.45) is 3.42. The molecule has 2 aliphatic rings. The Hall–Kier alpha value is -3.30. The molecule has 10 heteroatoms. The molecule has 2 heterocycles. The number of halogens is 1. The molecule has 8 nitrogen and oxygen atoms in total. The van der Waals surface area contributed by atoms with Crippen molar-refractivity contribution in [3.63, 3.8) is 0 Å². The lowest BCUT2D eigenvalue weighted by molar-refractivity contribution is -0.135. The number of ether oxygens (including phenoxy) is 1. The van der Waals surface area contributed by atoms with E-state index in [1.54, 1.807) is 41.3 Å². The van der Waals surface area contributed by atoms with Gasteiger partial charge in [0.25, 0.3) is 17.1 Å². The molecular weight excluding hydrogens is 478 g/mol. The number of anilines is 1. The van der Waals surface area contributed by atoms with Gasteiger partial charge in [-0.2, -0.15) is 0 Å². The standard InChI is InChI=1S/C24H22ClN3O5S/c25-18-12-16(8-9-19(18)33-15-21(29)26-17-6-2-1-3-7-17)13-20-23(31)28(24(32)34-20)14-22(30)27-10-4-5-11-27/h1-3,6-9,12-13H,4-5,10-11,14-15H2,(H,26,29)/b20-13+. The predicted molar refractivity (Wildman–Crippen MR) is 131 cm³/mol. The molecule has 2 saturated heterocycles. The van der Waals surface area contributed by atoms with E-state index in [4.69, 9.17) is 16.3 Å². The van der Waals surface area contributed by atoms with Crippen molar-refractivity contribution < 1.29 is 23.9 Å². The van der Waals surface area contributed by atoms with E-state index in [1.165, 1.54) is 0 Å². The first-order valence-electron chi connectivity index (χ1n) is 10.7. The van der Waals surface area contributed by atoms with Gasteiger partial charge >= 0.3 is 0 Å². The van der Waals surface area contributed by atoms with E-state index in [0.29, 0.717) is 30.1 Å². The second-order valence-corrected chi connectivity index (χ2v) is 9.15. The van der Waals surface area contributed by atoms with Gasteiger partial charge in [0.2, 0.25) is 5.91 Å². The van der Waals surface area contributed by atoms with E-state index >= 15 is 0 Å². The Morgan fingerprint density at radius 3 is 2.53 bits per heavy atom. The molecule has 2 aromatic carbocycles. The lowest BCUT2D eigenvalue weighted by Crippen LogP contribution is -2.40. The van der Waals surface area contributed by atoms with E-state index < -0.39 is 11.1 Å². The summed E-state index contributed by atoms with van der Waals surface area (Å²) in [5, 5.41) is 2.50. The van der Waals surface area contributed by atoms with E-state index in [9.17, 15) is 19.2 Å². The molecule has 4 rings (SSSR count). The fourth-order valence-corrected chi connectivity index (χ4v) is 4.66. The Labute approximate surface area is 205 Å². The molecule has 0 unspecified atom stereocenters. The monoisotopic (exact) mass is 499 g/mol. The van der Waals surface area contributed by atoms with Crippen molar-refractivity contribution in [1.82, 2.24) is 9.80 Å². The van der Waals surface area contributed by atoms with Crippen LogP contribution in [0.1, 0.15) is 18.4 Å². The maximum Gasteiger partial charge on any atom is 0.294 e. The van der Waals surface area contributed by atoms with E-state index in [-0.39, 0.29) is 34.9 Å². The minimum Gasteiger partial charge on any atom is -0.482 e. The first-order chi connectivity index (χ1) is 16.4. The number of hydrogen-bond donors (Lipinski definition) is 1. The number of amides is 4. The van der Waals surface area contributed by atoms with Crippen molar-refractivity contribution in [2.75, 3.05) is 31.6 Å².